The number of rotatable bonds is 6. The highest BCUT2D eigenvalue weighted by molar-refractivity contribution is 7.89. The Labute approximate surface area is 154 Å². The van der Waals surface area contributed by atoms with Crippen molar-refractivity contribution in [3.63, 3.8) is 0 Å². The molecule has 0 aliphatic carbocycles. The van der Waals surface area contributed by atoms with E-state index in [1.165, 1.54) is 10.4 Å². The number of ether oxygens (including phenoxy) is 1. The summed E-state index contributed by atoms with van der Waals surface area (Å²) >= 11 is 0. The van der Waals surface area contributed by atoms with Gasteiger partial charge in [-0.25, -0.2) is 8.42 Å². The van der Waals surface area contributed by atoms with Gasteiger partial charge in [0.05, 0.1) is 10.8 Å². The largest absolute Gasteiger partial charge is 0.455 e. The number of carbonyl (C=O) groups excluding carboxylic acids is 2. The maximum absolute atomic E-state index is 12.9. The molecule has 8 heteroatoms. The van der Waals surface area contributed by atoms with Crippen molar-refractivity contribution in [2.24, 2.45) is 5.92 Å². The van der Waals surface area contributed by atoms with Crippen molar-refractivity contribution >= 4 is 27.6 Å². The van der Waals surface area contributed by atoms with Crippen molar-refractivity contribution in [2.75, 3.05) is 25.0 Å². The van der Waals surface area contributed by atoms with E-state index in [4.69, 9.17) is 4.74 Å². The SMILES string of the molecule is Cc1ccc(NC(=O)COC(=O)C(C)C)cc1S(=O)(=O)N1CCCCC1. The minimum Gasteiger partial charge on any atom is -0.455 e. The van der Waals surface area contributed by atoms with E-state index in [0.29, 0.717) is 24.3 Å². The molecular weight excluding hydrogens is 356 g/mol. The second kappa shape index (κ2) is 8.64. The Morgan fingerprint density at radius 2 is 1.85 bits per heavy atom. The van der Waals surface area contributed by atoms with Crippen LogP contribution in [-0.2, 0) is 24.3 Å². The number of anilines is 1. The lowest BCUT2D eigenvalue weighted by molar-refractivity contribution is -0.150. The fourth-order valence-corrected chi connectivity index (χ4v) is 4.47. The molecule has 7 nitrogen and oxygen atoms in total. The fraction of sp³-hybridized carbons (Fsp3) is 0.556. The summed E-state index contributed by atoms with van der Waals surface area (Å²) in [6, 6.07) is 4.75. The van der Waals surface area contributed by atoms with Crippen LogP contribution in [0.2, 0.25) is 0 Å². The van der Waals surface area contributed by atoms with E-state index in [9.17, 15) is 18.0 Å². The molecule has 1 N–H and O–H groups in total. The van der Waals surface area contributed by atoms with Gasteiger partial charge in [-0.15, -0.1) is 0 Å². The number of benzene rings is 1. The third kappa shape index (κ3) is 5.04. The van der Waals surface area contributed by atoms with Crippen LogP contribution in [0.3, 0.4) is 0 Å². The number of esters is 1. The van der Waals surface area contributed by atoms with E-state index >= 15 is 0 Å². The lowest BCUT2D eigenvalue weighted by Crippen LogP contribution is -2.36. The molecule has 1 amide bonds. The minimum absolute atomic E-state index is 0.191. The summed E-state index contributed by atoms with van der Waals surface area (Å²) < 4.78 is 32.1. The number of piperidine rings is 1. The van der Waals surface area contributed by atoms with Crippen molar-refractivity contribution in [1.82, 2.24) is 4.31 Å². The molecule has 1 aliphatic heterocycles. The molecule has 1 heterocycles. The maximum Gasteiger partial charge on any atom is 0.308 e. The van der Waals surface area contributed by atoms with E-state index in [1.54, 1.807) is 32.9 Å². The predicted molar refractivity (Wildman–Crippen MR) is 98.2 cm³/mol. The average Bonchev–Trinajstić information content (AvgIpc) is 2.61. The average molecular weight is 382 g/mol. The number of hydrogen-bond acceptors (Lipinski definition) is 5. The van der Waals surface area contributed by atoms with Crippen molar-refractivity contribution in [3.8, 4) is 0 Å². The molecule has 0 unspecified atom stereocenters. The Hall–Kier alpha value is -1.93. The summed E-state index contributed by atoms with van der Waals surface area (Å²) in [7, 11) is -3.59. The number of amides is 1. The smallest absolute Gasteiger partial charge is 0.308 e. The molecule has 0 atom stereocenters. The van der Waals surface area contributed by atoms with Crippen LogP contribution in [0.25, 0.3) is 0 Å². The van der Waals surface area contributed by atoms with E-state index in [2.05, 4.69) is 5.32 Å². The van der Waals surface area contributed by atoms with E-state index in [0.717, 1.165) is 19.3 Å². The summed E-state index contributed by atoms with van der Waals surface area (Å²) in [5.41, 5.74) is 0.983. The van der Waals surface area contributed by atoms with E-state index in [1.807, 2.05) is 0 Å². The first-order valence-corrected chi connectivity index (χ1v) is 10.2. The molecule has 0 bridgehead atoms. The Morgan fingerprint density at radius 1 is 1.19 bits per heavy atom. The first kappa shape index (κ1) is 20.4. The molecule has 0 radical (unpaired) electrons. The molecule has 1 aromatic carbocycles. The van der Waals surface area contributed by atoms with Crippen LogP contribution in [0, 0.1) is 12.8 Å². The van der Waals surface area contributed by atoms with Crippen LogP contribution in [0.4, 0.5) is 5.69 Å². The molecule has 0 aromatic heterocycles. The summed E-state index contributed by atoms with van der Waals surface area (Å²) in [5, 5.41) is 2.58. The van der Waals surface area contributed by atoms with Gasteiger partial charge in [0.1, 0.15) is 0 Å². The number of nitrogens with one attached hydrogen (secondary N) is 1. The van der Waals surface area contributed by atoms with Gasteiger partial charge in [-0.2, -0.15) is 4.31 Å². The zero-order chi connectivity index (χ0) is 19.3. The van der Waals surface area contributed by atoms with Gasteiger partial charge < -0.3 is 10.1 Å². The third-order valence-corrected chi connectivity index (χ3v) is 6.26. The van der Waals surface area contributed by atoms with Crippen molar-refractivity contribution in [2.45, 2.75) is 44.9 Å². The standard InChI is InChI=1S/C18H26N2O5S/c1-13(2)18(22)25-12-17(21)19-15-8-7-14(3)16(11-15)26(23,24)20-9-5-4-6-10-20/h7-8,11,13H,4-6,9-10,12H2,1-3H3,(H,19,21). The van der Waals surface area contributed by atoms with Gasteiger partial charge in [-0.05, 0) is 37.5 Å². The number of nitrogens with zero attached hydrogens (tertiary/aromatic N) is 1. The van der Waals surface area contributed by atoms with Gasteiger partial charge in [0.15, 0.2) is 6.61 Å². The van der Waals surface area contributed by atoms with Gasteiger partial charge in [-0.3, -0.25) is 9.59 Å². The number of hydrogen-bond donors (Lipinski definition) is 1. The highest BCUT2D eigenvalue weighted by Gasteiger charge is 2.27. The van der Waals surface area contributed by atoms with Crippen molar-refractivity contribution in [1.29, 1.82) is 0 Å². The van der Waals surface area contributed by atoms with Crippen molar-refractivity contribution in [3.05, 3.63) is 23.8 Å². The van der Waals surface area contributed by atoms with Crippen molar-refractivity contribution < 1.29 is 22.7 Å². The van der Waals surface area contributed by atoms with Crippen LogP contribution in [-0.4, -0.2) is 44.3 Å². The van der Waals surface area contributed by atoms with Gasteiger partial charge >= 0.3 is 5.97 Å². The van der Waals surface area contributed by atoms with Gasteiger partial charge in [0, 0.05) is 18.8 Å². The van der Waals surface area contributed by atoms with E-state index in [-0.39, 0.29) is 10.8 Å². The first-order valence-electron chi connectivity index (χ1n) is 8.79. The zero-order valence-corrected chi connectivity index (χ0v) is 16.3. The Morgan fingerprint density at radius 3 is 2.46 bits per heavy atom. The van der Waals surface area contributed by atoms with Crippen LogP contribution >= 0.6 is 0 Å². The first-order chi connectivity index (χ1) is 12.2. The predicted octanol–water partition coefficient (Wildman–Crippen LogP) is 2.31. The molecule has 0 saturated carbocycles. The molecule has 26 heavy (non-hydrogen) atoms. The monoisotopic (exact) mass is 382 g/mol. The van der Waals surface area contributed by atoms with Crippen LogP contribution in [0.1, 0.15) is 38.7 Å². The number of carbonyl (C=O) groups is 2. The van der Waals surface area contributed by atoms with Crippen LogP contribution in [0.15, 0.2) is 23.1 Å². The van der Waals surface area contributed by atoms with Crippen LogP contribution in [0.5, 0.6) is 0 Å². The highest BCUT2D eigenvalue weighted by atomic mass is 32.2. The molecule has 144 valence electrons. The molecule has 1 aliphatic rings. The number of sulfonamides is 1. The lowest BCUT2D eigenvalue weighted by Gasteiger charge is -2.26. The van der Waals surface area contributed by atoms with E-state index < -0.39 is 28.5 Å². The van der Waals surface area contributed by atoms with Crippen LogP contribution < -0.4 is 5.32 Å². The highest BCUT2D eigenvalue weighted by Crippen LogP contribution is 2.26. The molecule has 1 aromatic rings. The second-order valence-corrected chi connectivity index (χ2v) is 8.66. The lowest BCUT2D eigenvalue weighted by atomic mass is 10.2. The van der Waals surface area contributed by atoms with Gasteiger partial charge in [0.25, 0.3) is 5.91 Å². The fourth-order valence-electron chi connectivity index (χ4n) is 2.70. The normalized spacial score (nSPS) is 15.7. The molecular formula is C18H26N2O5S. The zero-order valence-electron chi connectivity index (χ0n) is 15.4. The molecule has 2 rings (SSSR count). The summed E-state index contributed by atoms with van der Waals surface area (Å²) in [6.07, 6.45) is 2.75. The summed E-state index contributed by atoms with van der Waals surface area (Å²) in [4.78, 5) is 23.5. The number of aryl methyl sites for hydroxylation is 1. The molecule has 1 fully saturated rings. The molecule has 0 spiro atoms. The third-order valence-electron chi connectivity index (χ3n) is 4.22. The maximum atomic E-state index is 12.9. The van der Waals surface area contributed by atoms with Gasteiger partial charge in [0.2, 0.25) is 10.0 Å². The summed E-state index contributed by atoms with van der Waals surface area (Å²) in [6.45, 7) is 5.72. The Balaban J connectivity index is 2.11. The Bertz CT molecular complexity index is 768. The summed E-state index contributed by atoms with van der Waals surface area (Å²) in [5.74, 6) is -1.29. The Kier molecular flexibility index (Phi) is 6.77. The topological polar surface area (TPSA) is 92.8 Å². The quantitative estimate of drug-likeness (QED) is 0.762. The molecule has 1 saturated heterocycles. The second-order valence-electron chi connectivity index (χ2n) is 6.76. The minimum atomic E-state index is -3.59. The van der Waals surface area contributed by atoms with Gasteiger partial charge in [-0.1, -0.05) is 26.3 Å².